The van der Waals surface area contributed by atoms with Gasteiger partial charge in [0, 0.05) is 18.5 Å². The third kappa shape index (κ3) is 3.74. The van der Waals surface area contributed by atoms with Crippen LogP contribution in [0.25, 0.3) is 0 Å². The minimum Gasteiger partial charge on any atom is -0.490 e. The molecule has 2 rings (SSSR count). The molecule has 1 aliphatic rings. The van der Waals surface area contributed by atoms with Crippen LogP contribution in [0.5, 0.6) is 11.5 Å². The summed E-state index contributed by atoms with van der Waals surface area (Å²) in [6.07, 6.45) is 3.85. The number of hydrogen-bond acceptors (Lipinski definition) is 3. The highest BCUT2D eigenvalue weighted by atomic mass is 16.5. The molecule has 0 amide bonds. The quantitative estimate of drug-likeness (QED) is 0.823. The fourth-order valence-corrected chi connectivity index (χ4v) is 2.29. The predicted molar refractivity (Wildman–Crippen MR) is 77.9 cm³/mol. The molecule has 1 heterocycles. The molecule has 1 aliphatic heterocycles. The maximum atomic E-state index is 5.72. The second-order valence-corrected chi connectivity index (χ2v) is 5.07. The van der Waals surface area contributed by atoms with Gasteiger partial charge in [0.05, 0.1) is 13.2 Å². The molecule has 0 aromatic heterocycles. The first-order valence-corrected chi connectivity index (χ1v) is 6.97. The van der Waals surface area contributed by atoms with E-state index in [0.29, 0.717) is 6.04 Å². The Morgan fingerprint density at radius 1 is 1.26 bits per heavy atom. The van der Waals surface area contributed by atoms with Crippen LogP contribution in [0, 0.1) is 0 Å². The Morgan fingerprint density at radius 2 is 2.00 bits per heavy atom. The summed E-state index contributed by atoms with van der Waals surface area (Å²) < 4.78 is 11.4. The van der Waals surface area contributed by atoms with Gasteiger partial charge in [-0.3, -0.25) is 0 Å². The van der Waals surface area contributed by atoms with Crippen LogP contribution in [0.3, 0.4) is 0 Å². The van der Waals surface area contributed by atoms with Gasteiger partial charge in [-0.2, -0.15) is 0 Å². The minimum atomic E-state index is 0.284. The van der Waals surface area contributed by atoms with E-state index in [4.69, 9.17) is 9.47 Å². The first kappa shape index (κ1) is 13.9. The molecule has 2 unspecified atom stereocenters. The Bertz CT molecular complexity index is 431. The Morgan fingerprint density at radius 3 is 2.74 bits per heavy atom. The zero-order valence-corrected chi connectivity index (χ0v) is 11.8. The van der Waals surface area contributed by atoms with Crippen molar-refractivity contribution < 1.29 is 9.47 Å². The lowest BCUT2D eigenvalue weighted by Crippen LogP contribution is -2.28. The smallest absolute Gasteiger partial charge is 0.161 e. The molecule has 0 fully saturated rings. The van der Waals surface area contributed by atoms with Crippen molar-refractivity contribution >= 4 is 0 Å². The SMILES string of the molecule is C=CCC(C)NC(C)c1ccc2c(c1)OCCCO2. The van der Waals surface area contributed by atoms with E-state index in [9.17, 15) is 0 Å². The zero-order valence-electron chi connectivity index (χ0n) is 11.8. The fraction of sp³-hybridized carbons (Fsp3) is 0.500. The van der Waals surface area contributed by atoms with Crippen LogP contribution in [-0.2, 0) is 0 Å². The molecule has 1 N–H and O–H groups in total. The highest BCUT2D eigenvalue weighted by Gasteiger charge is 2.14. The Kier molecular flexibility index (Phi) is 4.86. The fourth-order valence-electron chi connectivity index (χ4n) is 2.29. The Labute approximate surface area is 115 Å². The standard InChI is InChI=1S/C16H23NO2/c1-4-6-12(2)17-13(3)14-7-8-15-16(11-14)19-10-5-9-18-15/h4,7-8,11-13,17H,1,5-6,9-10H2,2-3H3. The molecule has 0 aliphatic carbocycles. The Balaban J connectivity index is 2.08. The van der Waals surface area contributed by atoms with Crippen molar-refractivity contribution in [3.63, 3.8) is 0 Å². The van der Waals surface area contributed by atoms with Crippen molar-refractivity contribution in [3.8, 4) is 11.5 Å². The van der Waals surface area contributed by atoms with Gasteiger partial charge in [0.15, 0.2) is 11.5 Å². The maximum absolute atomic E-state index is 5.72. The largest absolute Gasteiger partial charge is 0.490 e. The van der Waals surface area contributed by atoms with E-state index in [1.807, 2.05) is 12.1 Å². The van der Waals surface area contributed by atoms with Gasteiger partial charge < -0.3 is 14.8 Å². The van der Waals surface area contributed by atoms with Gasteiger partial charge in [-0.15, -0.1) is 6.58 Å². The summed E-state index contributed by atoms with van der Waals surface area (Å²) in [4.78, 5) is 0. The molecule has 2 atom stereocenters. The van der Waals surface area contributed by atoms with Crippen molar-refractivity contribution in [1.82, 2.24) is 5.32 Å². The molecule has 19 heavy (non-hydrogen) atoms. The van der Waals surface area contributed by atoms with Crippen molar-refractivity contribution in [3.05, 3.63) is 36.4 Å². The summed E-state index contributed by atoms with van der Waals surface area (Å²) in [5.74, 6) is 1.72. The van der Waals surface area contributed by atoms with E-state index < -0.39 is 0 Å². The van der Waals surface area contributed by atoms with Gasteiger partial charge in [-0.25, -0.2) is 0 Å². The average molecular weight is 261 g/mol. The lowest BCUT2D eigenvalue weighted by Gasteiger charge is -2.20. The van der Waals surface area contributed by atoms with Gasteiger partial charge in [0.25, 0.3) is 0 Å². The van der Waals surface area contributed by atoms with E-state index in [2.05, 4.69) is 37.9 Å². The summed E-state index contributed by atoms with van der Waals surface area (Å²) in [5, 5.41) is 3.55. The third-order valence-electron chi connectivity index (χ3n) is 3.33. The minimum absolute atomic E-state index is 0.284. The molecule has 0 saturated heterocycles. The topological polar surface area (TPSA) is 30.5 Å². The van der Waals surface area contributed by atoms with Crippen molar-refractivity contribution in [2.75, 3.05) is 13.2 Å². The number of nitrogens with one attached hydrogen (secondary N) is 1. The second-order valence-electron chi connectivity index (χ2n) is 5.07. The molecule has 104 valence electrons. The average Bonchev–Trinajstić information content (AvgIpc) is 2.63. The number of ether oxygens (including phenoxy) is 2. The third-order valence-corrected chi connectivity index (χ3v) is 3.33. The van der Waals surface area contributed by atoms with Crippen LogP contribution >= 0.6 is 0 Å². The lowest BCUT2D eigenvalue weighted by atomic mass is 10.1. The Hall–Kier alpha value is -1.48. The number of benzene rings is 1. The normalized spacial score (nSPS) is 17.4. The van der Waals surface area contributed by atoms with Crippen LogP contribution in [0.1, 0.15) is 38.3 Å². The highest BCUT2D eigenvalue weighted by molar-refractivity contribution is 5.44. The molecule has 0 saturated carbocycles. The maximum Gasteiger partial charge on any atom is 0.161 e. The van der Waals surface area contributed by atoms with E-state index in [1.165, 1.54) is 5.56 Å². The van der Waals surface area contributed by atoms with E-state index >= 15 is 0 Å². The van der Waals surface area contributed by atoms with Crippen LogP contribution < -0.4 is 14.8 Å². The number of fused-ring (bicyclic) bond motifs is 1. The van der Waals surface area contributed by atoms with Gasteiger partial charge in [-0.1, -0.05) is 12.1 Å². The molecule has 1 aromatic rings. The van der Waals surface area contributed by atoms with E-state index in [0.717, 1.165) is 37.6 Å². The molecule has 1 aromatic carbocycles. The van der Waals surface area contributed by atoms with E-state index in [1.54, 1.807) is 0 Å². The summed E-state index contributed by atoms with van der Waals surface area (Å²) in [6.45, 7) is 9.57. The van der Waals surface area contributed by atoms with Crippen LogP contribution in [0.4, 0.5) is 0 Å². The first-order chi connectivity index (χ1) is 9.20. The summed E-state index contributed by atoms with van der Waals surface area (Å²) in [5.41, 5.74) is 1.22. The molecule has 0 spiro atoms. The summed E-state index contributed by atoms with van der Waals surface area (Å²) in [6, 6.07) is 6.90. The second kappa shape index (κ2) is 6.62. The predicted octanol–water partition coefficient (Wildman–Crippen LogP) is 3.46. The van der Waals surface area contributed by atoms with Crippen LogP contribution in [0.2, 0.25) is 0 Å². The lowest BCUT2D eigenvalue weighted by molar-refractivity contribution is 0.297. The monoisotopic (exact) mass is 261 g/mol. The van der Waals surface area contributed by atoms with Crippen LogP contribution in [-0.4, -0.2) is 19.3 Å². The number of rotatable bonds is 5. The van der Waals surface area contributed by atoms with Gasteiger partial charge in [0.2, 0.25) is 0 Å². The molecular weight excluding hydrogens is 238 g/mol. The summed E-state index contributed by atoms with van der Waals surface area (Å²) >= 11 is 0. The molecule has 0 radical (unpaired) electrons. The van der Waals surface area contributed by atoms with Crippen molar-refractivity contribution in [2.45, 2.75) is 38.8 Å². The van der Waals surface area contributed by atoms with Crippen molar-refractivity contribution in [1.29, 1.82) is 0 Å². The van der Waals surface area contributed by atoms with E-state index in [-0.39, 0.29) is 6.04 Å². The van der Waals surface area contributed by atoms with Gasteiger partial charge >= 0.3 is 0 Å². The molecular formula is C16H23NO2. The molecule has 0 bridgehead atoms. The summed E-state index contributed by atoms with van der Waals surface area (Å²) in [7, 11) is 0. The zero-order chi connectivity index (χ0) is 13.7. The van der Waals surface area contributed by atoms with Gasteiger partial charge in [0.1, 0.15) is 0 Å². The number of hydrogen-bond donors (Lipinski definition) is 1. The van der Waals surface area contributed by atoms with Crippen molar-refractivity contribution in [2.24, 2.45) is 0 Å². The molecule has 3 heteroatoms. The highest BCUT2D eigenvalue weighted by Crippen LogP contribution is 2.32. The van der Waals surface area contributed by atoms with Crippen LogP contribution in [0.15, 0.2) is 30.9 Å². The molecule has 3 nitrogen and oxygen atoms in total. The first-order valence-electron chi connectivity index (χ1n) is 6.97. The van der Waals surface area contributed by atoms with Gasteiger partial charge in [-0.05, 0) is 38.0 Å².